The molecule has 0 aliphatic carbocycles. The van der Waals surface area contributed by atoms with Crippen LogP contribution in [0.3, 0.4) is 0 Å². The molecule has 18 heteroatoms. The summed E-state index contributed by atoms with van der Waals surface area (Å²) in [5.41, 5.74) is 2.34. The SMILES string of the molecule is C=C(O[C@@H]1Cc2c(O)cc(O)cc2O[C@@H]1c1ccc(O)c(O)c1)c1cc(C)c(O)c(O)c1.Cc1cc(C(=O)O[C@@H]2Cc3c(O)cc(O)cc3O[C@@H]2c2cc(O)c(O)c(O)c2)cc(O)c1O. The Morgan fingerprint density at radius 1 is 0.492 bits per heavy atom. The fraction of sp³-hybridized carbons (Fsp3) is 0.170. The number of aryl methyl sites for hydroxylation is 2. The number of carbonyl (C=O) groups is 1. The van der Waals surface area contributed by atoms with Gasteiger partial charge in [-0.25, -0.2) is 4.79 Å². The number of aromatic hydroxyl groups is 13. The van der Waals surface area contributed by atoms with E-state index in [1.807, 2.05) is 0 Å². The second-order valence-corrected chi connectivity index (χ2v) is 15.4. The molecule has 8 rings (SSSR count). The minimum absolute atomic E-state index is 0.0568. The number of phenols is 13. The summed E-state index contributed by atoms with van der Waals surface area (Å²) in [5, 5.41) is 129. The molecule has 13 N–H and O–H groups in total. The molecule has 0 spiro atoms. The van der Waals surface area contributed by atoms with Crippen LogP contribution in [0.15, 0.2) is 85.4 Å². The van der Waals surface area contributed by atoms with Gasteiger partial charge in [0.05, 0.1) is 5.56 Å². The van der Waals surface area contributed by atoms with Crippen molar-refractivity contribution in [2.75, 3.05) is 0 Å². The maximum atomic E-state index is 12.8. The van der Waals surface area contributed by atoms with E-state index in [-0.39, 0.29) is 104 Å². The molecule has 2 aliphatic heterocycles. The Kier molecular flexibility index (Phi) is 11.8. The van der Waals surface area contributed by atoms with Gasteiger partial charge in [0.15, 0.2) is 64.0 Å². The van der Waals surface area contributed by atoms with Crippen LogP contribution in [0.4, 0.5) is 0 Å². The minimum Gasteiger partial charge on any atom is -0.508 e. The molecule has 2 heterocycles. The van der Waals surface area contributed by atoms with Crippen molar-refractivity contribution in [1.29, 1.82) is 0 Å². The first-order valence-electron chi connectivity index (χ1n) is 19.5. The Morgan fingerprint density at radius 2 is 0.938 bits per heavy atom. The topological polar surface area (TPSA) is 317 Å². The highest BCUT2D eigenvalue weighted by atomic mass is 16.6. The van der Waals surface area contributed by atoms with Crippen LogP contribution >= 0.6 is 0 Å². The Morgan fingerprint density at radius 3 is 1.45 bits per heavy atom. The maximum Gasteiger partial charge on any atom is 0.338 e. The van der Waals surface area contributed by atoms with E-state index < -0.39 is 53.4 Å². The van der Waals surface area contributed by atoms with Crippen LogP contribution in [0.5, 0.6) is 86.2 Å². The molecule has 65 heavy (non-hydrogen) atoms. The van der Waals surface area contributed by atoms with Gasteiger partial charge in [-0.3, -0.25) is 0 Å². The molecule has 0 amide bonds. The van der Waals surface area contributed by atoms with Gasteiger partial charge in [0.25, 0.3) is 0 Å². The van der Waals surface area contributed by atoms with Crippen molar-refractivity contribution in [2.45, 2.75) is 51.1 Å². The molecule has 0 radical (unpaired) electrons. The number of benzene rings is 6. The summed E-state index contributed by atoms with van der Waals surface area (Å²) in [4.78, 5) is 12.8. The molecule has 0 saturated heterocycles. The van der Waals surface area contributed by atoms with Gasteiger partial charge in [0, 0.05) is 64.9 Å². The van der Waals surface area contributed by atoms with Crippen LogP contribution in [0.2, 0.25) is 0 Å². The number of hydrogen-bond donors (Lipinski definition) is 13. The van der Waals surface area contributed by atoms with Gasteiger partial charge in [0.1, 0.15) is 52.5 Å². The van der Waals surface area contributed by atoms with Gasteiger partial charge in [-0.15, -0.1) is 0 Å². The predicted molar refractivity (Wildman–Crippen MR) is 227 cm³/mol. The lowest BCUT2D eigenvalue weighted by atomic mass is 9.93. The molecule has 2 aliphatic rings. The monoisotopic (exact) mass is 894 g/mol. The number of fused-ring (bicyclic) bond motifs is 2. The first kappa shape index (κ1) is 44.4. The van der Waals surface area contributed by atoms with Crippen LogP contribution in [0.1, 0.15) is 61.5 Å². The fourth-order valence-corrected chi connectivity index (χ4v) is 7.43. The summed E-state index contributed by atoms with van der Waals surface area (Å²) in [7, 11) is 0. The zero-order valence-corrected chi connectivity index (χ0v) is 34.3. The lowest BCUT2D eigenvalue weighted by Crippen LogP contribution is -2.34. The van der Waals surface area contributed by atoms with Gasteiger partial charge in [0.2, 0.25) is 0 Å². The Hall–Kier alpha value is -8.67. The summed E-state index contributed by atoms with van der Waals surface area (Å²) in [5.74, 6) is -5.33. The second kappa shape index (κ2) is 17.2. The normalized spacial score (nSPS) is 17.2. The molecular weight excluding hydrogens is 852 g/mol. The molecule has 0 bridgehead atoms. The van der Waals surface area contributed by atoms with Crippen molar-refractivity contribution in [3.63, 3.8) is 0 Å². The summed E-state index contributed by atoms with van der Waals surface area (Å²) in [6.07, 6.45) is -3.63. The quantitative estimate of drug-likeness (QED) is 0.0445. The van der Waals surface area contributed by atoms with E-state index in [4.69, 9.17) is 18.9 Å². The van der Waals surface area contributed by atoms with E-state index in [0.29, 0.717) is 22.3 Å². The van der Waals surface area contributed by atoms with Crippen LogP contribution in [-0.2, 0) is 22.3 Å². The number of hydrogen-bond acceptors (Lipinski definition) is 18. The number of phenolic OH excluding ortho intramolecular Hbond substituents is 13. The second-order valence-electron chi connectivity index (χ2n) is 15.4. The third-order valence-electron chi connectivity index (χ3n) is 10.8. The zero-order valence-electron chi connectivity index (χ0n) is 34.3. The summed E-state index contributed by atoms with van der Waals surface area (Å²) in [6.45, 7) is 7.03. The maximum absolute atomic E-state index is 12.8. The van der Waals surface area contributed by atoms with Crippen molar-refractivity contribution in [3.05, 3.63) is 130 Å². The molecule has 6 aromatic rings. The Balaban J connectivity index is 0.000000194. The average Bonchev–Trinajstić information content (AvgIpc) is 3.24. The van der Waals surface area contributed by atoms with Gasteiger partial charge in [-0.1, -0.05) is 12.6 Å². The third-order valence-corrected chi connectivity index (χ3v) is 10.8. The fourth-order valence-electron chi connectivity index (χ4n) is 7.43. The number of carbonyl (C=O) groups excluding carboxylic acids is 1. The van der Waals surface area contributed by atoms with Gasteiger partial charge >= 0.3 is 5.97 Å². The van der Waals surface area contributed by atoms with Gasteiger partial charge < -0.3 is 85.3 Å². The van der Waals surface area contributed by atoms with Gasteiger partial charge in [-0.05, 0) is 73.5 Å². The largest absolute Gasteiger partial charge is 0.508 e. The summed E-state index contributed by atoms with van der Waals surface area (Å²) in [6, 6.07) is 16.6. The highest BCUT2D eigenvalue weighted by Crippen LogP contribution is 2.47. The predicted octanol–water partition coefficient (Wildman–Crippen LogP) is 6.80. The molecule has 6 aromatic carbocycles. The van der Waals surface area contributed by atoms with Crippen LogP contribution in [0.25, 0.3) is 5.76 Å². The van der Waals surface area contributed by atoms with Crippen LogP contribution in [-0.4, -0.2) is 84.6 Å². The van der Waals surface area contributed by atoms with E-state index in [1.165, 1.54) is 49.4 Å². The summed E-state index contributed by atoms with van der Waals surface area (Å²) >= 11 is 0. The highest BCUT2D eigenvalue weighted by molar-refractivity contribution is 5.91. The molecule has 0 aromatic heterocycles. The van der Waals surface area contributed by atoms with Crippen molar-refractivity contribution in [1.82, 2.24) is 0 Å². The highest BCUT2D eigenvalue weighted by Gasteiger charge is 2.38. The lowest BCUT2D eigenvalue weighted by Gasteiger charge is -2.35. The van der Waals surface area contributed by atoms with E-state index >= 15 is 0 Å². The summed E-state index contributed by atoms with van der Waals surface area (Å²) < 4.78 is 23.5. The molecule has 0 unspecified atom stereocenters. The smallest absolute Gasteiger partial charge is 0.338 e. The number of esters is 1. The van der Waals surface area contributed by atoms with E-state index in [2.05, 4.69) is 6.58 Å². The van der Waals surface area contributed by atoms with Crippen LogP contribution < -0.4 is 9.47 Å². The van der Waals surface area contributed by atoms with Crippen molar-refractivity contribution < 1.29 is 90.1 Å². The first-order chi connectivity index (χ1) is 30.7. The Bertz CT molecular complexity index is 2800. The zero-order chi connectivity index (χ0) is 47.2. The molecule has 0 saturated carbocycles. The van der Waals surface area contributed by atoms with Gasteiger partial charge in [-0.2, -0.15) is 0 Å². The van der Waals surface area contributed by atoms with Crippen molar-refractivity contribution >= 4 is 11.7 Å². The standard InChI is InChI=1S/C24H22O8.C23H20O10/c1-11-5-14(7-20(29)23(11)30)12(2)31-22-10-16-18(27)8-15(25)9-21(16)32-24(22)13-3-4-17(26)19(28)6-13;1-9-2-11(5-15(26)20(9)29)23(31)33-19-8-13-14(25)6-12(24)7-18(13)32-22(19)10-3-16(27)21(30)17(28)4-10/h3-9,22,24-30H,2,10H2,1H3;2-7,19,22,24-30H,8H2,1H3/t22-,24-;19-,22-/m11/s1. The number of rotatable bonds is 7. The Labute approximate surface area is 368 Å². The molecule has 18 nitrogen and oxygen atoms in total. The number of ether oxygens (including phenoxy) is 4. The third kappa shape index (κ3) is 8.99. The lowest BCUT2D eigenvalue weighted by molar-refractivity contribution is -0.0189. The molecule has 338 valence electrons. The minimum atomic E-state index is -1.12. The first-order valence-corrected chi connectivity index (χ1v) is 19.5. The molecular formula is C47H42O18. The van der Waals surface area contributed by atoms with Crippen molar-refractivity contribution in [3.8, 4) is 86.2 Å². The van der Waals surface area contributed by atoms with Crippen LogP contribution in [0, 0.1) is 13.8 Å². The molecule has 4 atom stereocenters. The van der Waals surface area contributed by atoms with Crippen molar-refractivity contribution in [2.24, 2.45) is 0 Å². The van der Waals surface area contributed by atoms with E-state index in [9.17, 15) is 71.2 Å². The average molecular weight is 895 g/mol. The van der Waals surface area contributed by atoms with E-state index in [0.717, 1.165) is 24.3 Å². The van der Waals surface area contributed by atoms with E-state index in [1.54, 1.807) is 19.1 Å². The molecule has 0 fully saturated rings.